The molecule has 4 aromatic rings. The Morgan fingerprint density at radius 1 is 1.12 bits per heavy atom. The van der Waals surface area contributed by atoms with Gasteiger partial charge in [-0.1, -0.05) is 53.7 Å². The Balaban J connectivity index is 1.41. The van der Waals surface area contributed by atoms with E-state index < -0.39 is 11.2 Å². The number of ether oxygens (including phenoxy) is 1. The number of hydrogen-bond acceptors (Lipinski definition) is 9. The highest BCUT2D eigenvalue weighted by Crippen LogP contribution is 2.36. The molecule has 0 saturated heterocycles. The lowest BCUT2D eigenvalue weighted by molar-refractivity contribution is -0.402. The number of thioether (sulfide) groups is 1. The van der Waals surface area contributed by atoms with E-state index in [1.807, 2.05) is 48.5 Å². The summed E-state index contributed by atoms with van der Waals surface area (Å²) in [5.74, 6) is 0.970. The first kappa shape index (κ1) is 21.9. The quantitative estimate of drug-likeness (QED) is 0.201. The minimum absolute atomic E-state index is 0.325. The van der Waals surface area contributed by atoms with E-state index in [4.69, 9.17) is 20.8 Å². The van der Waals surface area contributed by atoms with Crippen molar-refractivity contribution in [3.63, 3.8) is 0 Å². The van der Waals surface area contributed by atoms with E-state index in [-0.39, 0.29) is 5.88 Å². The first-order valence-corrected chi connectivity index (χ1v) is 11.5. The number of nitro groups is 1. The fourth-order valence-corrected chi connectivity index (χ4v) is 4.12. The molecule has 0 saturated carbocycles. The van der Waals surface area contributed by atoms with Gasteiger partial charge in [-0.3, -0.25) is 10.1 Å². The van der Waals surface area contributed by atoms with Crippen LogP contribution >= 0.6 is 23.4 Å². The van der Waals surface area contributed by atoms with E-state index in [0.29, 0.717) is 33.3 Å². The van der Waals surface area contributed by atoms with Gasteiger partial charge < -0.3 is 14.5 Å². The van der Waals surface area contributed by atoms with Crippen molar-refractivity contribution in [2.75, 3.05) is 5.32 Å². The number of anilines is 1. The number of furan rings is 1. The summed E-state index contributed by atoms with van der Waals surface area (Å²) in [6, 6.07) is 18.0. The van der Waals surface area contributed by atoms with Gasteiger partial charge in [-0.05, 0) is 42.0 Å². The summed E-state index contributed by atoms with van der Waals surface area (Å²) in [6.07, 6.45) is 2.66. The lowest BCUT2D eigenvalue weighted by atomic mass is 10.1. The van der Waals surface area contributed by atoms with Crippen LogP contribution in [0, 0.1) is 10.1 Å². The van der Waals surface area contributed by atoms with Gasteiger partial charge in [-0.2, -0.15) is 4.98 Å². The maximum absolute atomic E-state index is 10.9. The molecule has 1 aliphatic heterocycles. The third-order valence-electron chi connectivity index (χ3n) is 4.86. The Bertz CT molecular complexity index is 1380. The second-order valence-corrected chi connectivity index (χ2v) is 8.56. The molecule has 3 heterocycles. The summed E-state index contributed by atoms with van der Waals surface area (Å²) in [5.41, 5.74) is 3.19. The normalized spacial score (nSPS) is 14.6. The molecule has 0 aliphatic carbocycles. The smallest absolute Gasteiger partial charge is 0.433 e. The molecule has 2 aromatic carbocycles. The number of para-hydroxylation sites is 1. The molecule has 0 fully saturated rings. The van der Waals surface area contributed by atoms with Crippen LogP contribution in [-0.2, 0) is 5.75 Å². The second kappa shape index (κ2) is 9.54. The molecule has 2 aromatic heterocycles. The maximum atomic E-state index is 10.9. The Morgan fingerprint density at radius 2 is 1.94 bits per heavy atom. The van der Waals surface area contributed by atoms with E-state index >= 15 is 0 Å². The van der Waals surface area contributed by atoms with Crippen LogP contribution in [-0.4, -0.2) is 26.3 Å². The van der Waals surface area contributed by atoms with Crippen LogP contribution in [0.15, 0.2) is 76.3 Å². The molecule has 34 heavy (non-hydrogen) atoms. The largest absolute Gasteiger partial charge is 0.448 e. The van der Waals surface area contributed by atoms with Crippen molar-refractivity contribution in [1.82, 2.24) is 15.2 Å². The Hall–Kier alpha value is -3.89. The minimum atomic E-state index is -0.627. The number of nitrogens with one attached hydrogen (secondary N) is 1. The zero-order chi connectivity index (χ0) is 23.5. The van der Waals surface area contributed by atoms with E-state index in [1.54, 1.807) is 12.2 Å². The van der Waals surface area contributed by atoms with E-state index in [2.05, 4.69) is 20.5 Å². The lowest BCUT2D eigenvalue weighted by Crippen LogP contribution is -2.23. The molecule has 0 unspecified atom stereocenters. The molecule has 9 nitrogen and oxygen atoms in total. The van der Waals surface area contributed by atoms with Crippen LogP contribution in [0.3, 0.4) is 0 Å². The van der Waals surface area contributed by atoms with Crippen LogP contribution < -0.4 is 10.1 Å². The lowest BCUT2D eigenvalue weighted by Gasteiger charge is -2.15. The molecule has 0 spiro atoms. The molecule has 0 amide bonds. The first-order chi connectivity index (χ1) is 16.5. The van der Waals surface area contributed by atoms with E-state index in [1.165, 1.54) is 23.9 Å². The Kier molecular flexibility index (Phi) is 6.15. The topological polar surface area (TPSA) is 116 Å². The average molecular weight is 494 g/mol. The Labute approximate surface area is 203 Å². The molecule has 1 N–H and O–H groups in total. The number of rotatable bonds is 6. The molecular formula is C23H16ClN5O4S. The number of benzene rings is 2. The van der Waals surface area contributed by atoms with E-state index in [0.717, 1.165) is 16.8 Å². The predicted molar refractivity (Wildman–Crippen MR) is 129 cm³/mol. The van der Waals surface area contributed by atoms with Crippen molar-refractivity contribution in [1.29, 1.82) is 0 Å². The van der Waals surface area contributed by atoms with Crippen molar-refractivity contribution in [2.24, 2.45) is 0 Å². The third kappa shape index (κ3) is 4.87. The summed E-state index contributed by atoms with van der Waals surface area (Å²) in [7, 11) is 0. The van der Waals surface area contributed by atoms with Gasteiger partial charge >= 0.3 is 5.88 Å². The van der Waals surface area contributed by atoms with Gasteiger partial charge in [0.1, 0.15) is 10.7 Å². The van der Waals surface area contributed by atoms with Gasteiger partial charge in [-0.15, -0.1) is 10.2 Å². The van der Waals surface area contributed by atoms with Crippen LogP contribution in [0.5, 0.6) is 5.88 Å². The fourth-order valence-electron chi connectivity index (χ4n) is 3.26. The average Bonchev–Trinajstić information content (AvgIpc) is 3.26. The highest BCUT2D eigenvalue weighted by molar-refractivity contribution is 7.98. The second-order valence-electron chi connectivity index (χ2n) is 7.18. The third-order valence-corrected chi connectivity index (χ3v) is 6.02. The number of fused-ring (bicyclic) bond motifs is 3. The van der Waals surface area contributed by atoms with Crippen LogP contribution in [0.1, 0.15) is 11.3 Å². The summed E-state index contributed by atoms with van der Waals surface area (Å²) in [4.78, 5) is 14.9. The minimum Gasteiger partial charge on any atom is -0.448 e. The summed E-state index contributed by atoms with van der Waals surface area (Å²) in [5, 5.41) is 23.9. The SMILES string of the molecule is O=[N+]([O-])c1ccc(/C=C/[C@H]2Nc3ccccc3-c3nnc(SCc4ccc(Cl)cc4)nc3O2)o1. The van der Waals surface area contributed by atoms with Gasteiger partial charge in [0.2, 0.25) is 11.0 Å². The standard InChI is InChI=1S/C23H16ClN5O4S/c24-15-7-5-14(6-8-15)13-34-23-26-22-21(27-28-23)17-3-1-2-4-18(17)25-19(33-22)11-9-16-10-12-20(32-16)29(30)31/h1-12,19,25H,13H2/b11-9+/t19-/m0/s1. The maximum Gasteiger partial charge on any atom is 0.433 e. The summed E-state index contributed by atoms with van der Waals surface area (Å²) in [6.45, 7) is 0. The zero-order valence-corrected chi connectivity index (χ0v) is 19.0. The molecular weight excluding hydrogens is 478 g/mol. The van der Waals surface area contributed by atoms with E-state index in [9.17, 15) is 10.1 Å². The molecule has 1 atom stereocenters. The number of aromatic nitrogens is 3. The highest BCUT2D eigenvalue weighted by Gasteiger charge is 2.24. The number of hydrogen-bond donors (Lipinski definition) is 1. The molecule has 11 heteroatoms. The van der Waals surface area contributed by atoms with Crippen LogP contribution in [0.4, 0.5) is 11.6 Å². The number of nitrogens with zero attached hydrogens (tertiary/aromatic N) is 4. The monoisotopic (exact) mass is 493 g/mol. The van der Waals surface area contributed by atoms with Crippen LogP contribution in [0.25, 0.3) is 17.3 Å². The van der Waals surface area contributed by atoms with Gasteiger partial charge in [-0.25, -0.2) is 0 Å². The molecule has 0 radical (unpaired) electrons. The number of halogens is 1. The van der Waals surface area contributed by atoms with Gasteiger partial charge in [0, 0.05) is 22.0 Å². The summed E-state index contributed by atoms with van der Waals surface area (Å²) < 4.78 is 11.3. The van der Waals surface area contributed by atoms with Gasteiger partial charge in [0.25, 0.3) is 0 Å². The van der Waals surface area contributed by atoms with Gasteiger partial charge in [0.05, 0.1) is 6.07 Å². The molecule has 0 bridgehead atoms. The van der Waals surface area contributed by atoms with Gasteiger partial charge in [0.15, 0.2) is 11.9 Å². The molecule has 170 valence electrons. The first-order valence-electron chi connectivity index (χ1n) is 10.1. The van der Waals surface area contributed by atoms with Crippen molar-refractivity contribution in [3.05, 3.63) is 93.2 Å². The molecule has 1 aliphatic rings. The predicted octanol–water partition coefficient (Wildman–Crippen LogP) is 5.83. The fraction of sp³-hybridized carbons (Fsp3) is 0.0870. The van der Waals surface area contributed by atoms with Crippen molar-refractivity contribution in [2.45, 2.75) is 17.1 Å². The van der Waals surface area contributed by atoms with Crippen molar-refractivity contribution < 1.29 is 14.1 Å². The van der Waals surface area contributed by atoms with Crippen molar-refractivity contribution in [3.8, 4) is 17.1 Å². The highest BCUT2D eigenvalue weighted by atomic mass is 35.5. The van der Waals surface area contributed by atoms with Crippen molar-refractivity contribution >= 4 is 41.0 Å². The van der Waals surface area contributed by atoms with Crippen LogP contribution in [0.2, 0.25) is 5.02 Å². The Morgan fingerprint density at radius 3 is 2.74 bits per heavy atom. The summed E-state index contributed by atoms with van der Waals surface area (Å²) >= 11 is 7.39. The zero-order valence-electron chi connectivity index (χ0n) is 17.4. The molecule has 5 rings (SSSR count).